The van der Waals surface area contributed by atoms with E-state index in [2.05, 4.69) is 289 Å². The van der Waals surface area contributed by atoms with Gasteiger partial charge >= 0.3 is 29.3 Å². The number of anilines is 3. The minimum absolute atomic E-state index is 0.575. The summed E-state index contributed by atoms with van der Waals surface area (Å²) in [5.74, 6) is 4.90. The van der Waals surface area contributed by atoms with Crippen molar-refractivity contribution in [1.82, 2.24) is 4.98 Å². The van der Waals surface area contributed by atoms with Crippen LogP contribution in [-0.4, -0.2) is 123 Å². The first kappa shape index (κ1) is 91.8. The lowest BCUT2D eigenvalue weighted by Gasteiger charge is -2.36. The lowest BCUT2D eigenvalue weighted by atomic mass is 10.0. The smallest absolute Gasteiger partial charge is 0.638 e. The van der Waals surface area contributed by atoms with Crippen LogP contribution in [0.1, 0.15) is 86.4 Å². The zero-order valence-electron chi connectivity index (χ0n) is 66.6. The molecule has 0 N–H and O–H groups in total. The van der Waals surface area contributed by atoms with Gasteiger partial charge in [-0.15, -0.1) is 0 Å². The van der Waals surface area contributed by atoms with Crippen molar-refractivity contribution in [1.29, 1.82) is 5.26 Å². The van der Waals surface area contributed by atoms with E-state index in [1.165, 1.54) is 17.8 Å². The van der Waals surface area contributed by atoms with E-state index < -0.39 is 29.7 Å². The first-order valence-corrected chi connectivity index (χ1v) is 49.3. The SMILES string of the molecule is CCCN(CCC)c1ccc2c(c1)O[B-](Cl)(Cl)[N+](c1ccccc1)=C2.CCN(CC)c1ccc2c(c1)O[B-](I)(I)[N+](c1nc3ccc(C#N)cc3s1)=C2.CCOc1ccc2c(c1)O[B-](Br)(Br)[N+](c1ccccc1)=C2.CN(C)c1ccc2c(c1)O[B-](I)(I)[N+](c1ccccc1)=C2.FC(F)(F)c1ccc([N+]2=Cc3ccc4ccccc4c3O[B-]2(Br)Br)cc1. The predicted octanol–water partition coefficient (Wildman–Crippen LogP) is 25.8. The summed E-state index contributed by atoms with van der Waals surface area (Å²) in [5, 5.41) is 9.82. The van der Waals surface area contributed by atoms with E-state index in [0.717, 1.165) is 168 Å². The molecule has 0 bridgehead atoms. The maximum atomic E-state index is 12.8. The molecule has 0 saturated carbocycles. The molecular formula is C86H80B5Br4Cl2F3I4N10O6S. The number of ether oxygens (including phenoxy) is 1. The Morgan fingerprint density at radius 3 is 1.49 bits per heavy atom. The number of alkyl halides is 3. The van der Waals surface area contributed by atoms with Crippen LogP contribution in [-0.2, 0) is 6.18 Å². The minimum atomic E-state index is -4.36. The van der Waals surface area contributed by atoms with Crippen LogP contribution in [0.25, 0.3) is 21.0 Å². The fourth-order valence-electron chi connectivity index (χ4n) is 13.9. The van der Waals surface area contributed by atoms with Crippen molar-refractivity contribution in [3.8, 4) is 40.6 Å². The average Bonchev–Trinajstić information content (AvgIpc) is 1.24. The quantitative estimate of drug-likeness (QED) is 0.0680. The highest BCUT2D eigenvalue weighted by Gasteiger charge is 2.46. The summed E-state index contributed by atoms with van der Waals surface area (Å²) in [7, 11) is 4.08. The number of aromatic nitrogens is 1. The van der Waals surface area contributed by atoms with Crippen LogP contribution in [0.3, 0.4) is 0 Å². The third kappa shape index (κ3) is 22.0. The lowest BCUT2D eigenvalue weighted by Crippen LogP contribution is -2.44. The third-order valence-corrected chi connectivity index (χ3v) is 27.5. The summed E-state index contributed by atoms with van der Waals surface area (Å²) in [4.78, 5) is 11.5. The van der Waals surface area contributed by atoms with Crippen molar-refractivity contribution in [2.45, 2.75) is 53.6 Å². The molecule has 0 amide bonds. The summed E-state index contributed by atoms with van der Waals surface area (Å²) >= 11 is 38.5. The van der Waals surface area contributed by atoms with Gasteiger partial charge in [-0.05, 0) is 146 Å². The van der Waals surface area contributed by atoms with Gasteiger partial charge in [-0.25, -0.2) is 67.7 Å². The molecule has 0 aliphatic carbocycles. The molecule has 121 heavy (non-hydrogen) atoms. The highest BCUT2D eigenvalue weighted by molar-refractivity contribution is 14.3. The maximum absolute atomic E-state index is 12.8. The second-order valence-corrected chi connectivity index (χ2v) is 49.8. The summed E-state index contributed by atoms with van der Waals surface area (Å²) < 4.78 is 79.8. The summed E-state index contributed by atoms with van der Waals surface area (Å²) in [5.41, 5.74) is 13.0. The molecule has 17 rings (SSSR count). The minimum Gasteiger partial charge on any atom is -0.662 e. The zero-order valence-corrected chi connectivity index (χ0v) is 83.9. The van der Waals surface area contributed by atoms with E-state index in [-0.39, 0.29) is 0 Å². The van der Waals surface area contributed by atoms with E-state index in [1.54, 1.807) is 26.4 Å². The number of fused-ring (bicyclic) bond motifs is 8. The topological polar surface area (TPSA) is 117 Å². The van der Waals surface area contributed by atoms with Crippen molar-refractivity contribution in [3.05, 3.63) is 282 Å². The normalized spacial score (nSPS) is 15.4. The average molecular weight is 2390 g/mol. The van der Waals surface area contributed by atoms with Crippen LogP contribution in [0.15, 0.2) is 243 Å². The number of nitrogens with zero attached hydrogens (tertiary/aromatic N) is 10. The van der Waals surface area contributed by atoms with Gasteiger partial charge in [0.25, 0.3) is 0 Å². The molecule has 0 unspecified atom stereocenters. The first-order chi connectivity index (χ1) is 57.8. The highest BCUT2D eigenvalue weighted by atomic mass is 127. The Bertz CT molecular complexity index is 6010. The Morgan fingerprint density at radius 1 is 0.479 bits per heavy atom. The van der Waals surface area contributed by atoms with Gasteiger partial charge in [-0.1, -0.05) is 98.8 Å². The van der Waals surface area contributed by atoms with Crippen molar-refractivity contribution in [3.63, 3.8) is 0 Å². The van der Waals surface area contributed by atoms with Gasteiger partial charge in [0.1, 0.15) is 30.6 Å². The van der Waals surface area contributed by atoms with Gasteiger partial charge in [0.2, 0.25) is 0 Å². The van der Waals surface area contributed by atoms with E-state index in [9.17, 15) is 13.2 Å². The lowest BCUT2D eigenvalue weighted by molar-refractivity contribution is -0.297. The third-order valence-electron chi connectivity index (χ3n) is 19.9. The molecule has 5 aliphatic heterocycles. The monoisotopic (exact) mass is 2390 g/mol. The first-order valence-electron chi connectivity index (χ1n) is 39.0. The van der Waals surface area contributed by atoms with E-state index in [0.29, 0.717) is 17.9 Å². The molecule has 622 valence electrons. The molecule has 5 aliphatic rings. The summed E-state index contributed by atoms with van der Waals surface area (Å²) in [6.45, 7) is 15.3. The number of rotatable bonds is 16. The number of hydrogen-bond donors (Lipinski definition) is 0. The van der Waals surface area contributed by atoms with Crippen LogP contribution >= 0.6 is 187 Å². The molecule has 0 radical (unpaired) electrons. The number of hydrogen-bond acceptors (Lipinski definition) is 12. The molecule has 6 heterocycles. The molecular weight excluding hydrogens is 2310 g/mol. The molecule has 0 saturated heterocycles. The van der Waals surface area contributed by atoms with Crippen molar-refractivity contribution < 1.29 is 63.6 Å². The number of benzene rings is 11. The Labute approximate surface area is 803 Å². The molecule has 0 atom stereocenters. The summed E-state index contributed by atoms with van der Waals surface area (Å²) in [6, 6.07) is 79.6. The second-order valence-electron chi connectivity index (χ2n) is 28.5. The Hall–Kier alpha value is -6.86. The van der Waals surface area contributed by atoms with Gasteiger partial charge in [-0.2, -0.15) is 126 Å². The van der Waals surface area contributed by atoms with Crippen LogP contribution in [0.4, 0.5) is 58.1 Å². The standard InChI is InChI=1S/C19H23BCl2N2O.C19H17BI2N4OS.C18H11BBr2F3NO.C15H14BBr2NO2.C15H15BI2N2O/c1-3-12-23(13-4-2)18-11-10-16-15-24(17-8-6-5-7-9-17)20(21,22)25-19(16)14-18;1-3-25(4-2)15-7-6-14-12-26(20(21,22)27-17(14)10-15)19-24-16-8-5-13(11-23)9-18(16)28-19;20-19(21)25(15-9-7-14(8-10-15)18(22,23)24)11-13-6-5-12-3-1-2-4-16(12)17(13)26-19;1-2-20-14-9-8-12-11-19(13-6-4-3-5-7-13)16(17,18)21-15(12)10-14;1-19(2)14-9-8-12-11-20(13-6-4-3-5-7-13)16(17,18)21-15(12)10-14/h5-11,14-15H,3-4,12-13H2,1-2H3;5-10,12H,3-4H2,1-2H3;1-11H;3-11H,2H2,1H3;3-11H,1-2H3. The van der Waals surface area contributed by atoms with Crippen molar-refractivity contribution >= 4 is 302 Å². The molecule has 1 aromatic heterocycles. The fourth-order valence-corrected chi connectivity index (χ4v) is 21.0. The van der Waals surface area contributed by atoms with Crippen LogP contribution in [0.5, 0.6) is 34.5 Å². The number of thiazole rings is 1. The zero-order chi connectivity index (χ0) is 86.2. The molecule has 12 aromatic rings. The Kier molecular flexibility index (Phi) is 30.2. The molecule has 35 heteroatoms. The van der Waals surface area contributed by atoms with E-state index in [1.807, 2.05) is 190 Å². The van der Waals surface area contributed by atoms with Gasteiger partial charge in [-0.3, -0.25) is 0 Å². The van der Waals surface area contributed by atoms with Gasteiger partial charge in [0.15, 0.2) is 28.3 Å². The van der Waals surface area contributed by atoms with Crippen LogP contribution in [0.2, 0.25) is 0 Å². The molecule has 11 aromatic carbocycles. The maximum Gasteiger partial charge on any atom is 0.638 e. The van der Waals surface area contributed by atoms with Gasteiger partial charge in [0, 0.05) is 135 Å². The second kappa shape index (κ2) is 39.8. The number of halogens is 13. The van der Waals surface area contributed by atoms with Crippen molar-refractivity contribution in [2.75, 3.05) is 61.6 Å². The highest BCUT2D eigenvalue weighted by Crippen LogP contribution is 2.46. The van der Waals surface area contributed by atoms with Gasteiger partial charge in [0.05, 0.1) is 85.7 Å². The van der Waals surface area contributed by atoms with E-state index in [4.69, 9.17) is 61.2 Å². The van der Waals surface area contributed by atoms with Gasteiger partial charge < -0.3 is 65.1 Å². The fraction of sp³-hybridized carbons (Fsp3) is 0.174. The summed E-state index contributed by atoms with van der Waals surface area (Å²) in [6.07, 6.45) is 8.01. The number of para-hydroxylation sites is 3. The molecule has 16 nitrogen and oxygen atoms in total. The largest absolute Gasteiger partial charge is 0.662 e. The van der Waals surface area contributed by atoms with Crippen LogP contribution in [0, 0.1) is 11.3 Å². The van der Waals surface area contributed by atoms with Crippen molar-refractivity contribution in [2.24, 2.45) is 0 Å². The van der Waals surface area contributed by atoms with E-state index >= 15 is 0 Å². The Morgan fingerprint density at radius 2 is 0.934 bits per heavy atom. The Balaban J connectivity index is 0.000000131. The predicted molar refractivity (Wildman–Crippen MR) is 548 cm³/mol. The molecule has 0 spiro atoms. The molecule has 0 fully saturated rings. The number of nitriles is 1. The van der Waals surface area contributed by atoms with Crippen LogP contribution < -0.4 is 42.7 Å².